The highest BCUT2D eigenvalue weighted by molar-refractivity contribution is 9.08. The molecule has 0 heterocycles. The molecule has 0 atom stereocenters. The predicted octanol–water partition coefficient (Wildman–Crippen LogP) is 3.79. The molecule has 0 fully saturated rings. The Bertz CT molecular complexity index is 324. The minimum atomic E-state index is -1.57. The van der Waals surface area contributed by atoms with E-state index in [-0.39, 0.29) is 5.33 Å². The van der Waals surface area contributed by atoms with Gasteiger partial charge in [-0.25, -0.2) is 17.6 Å². The molecule has 0 bridgehead atoms. The highest BCUT2D eigenvalue weighted by Crippen LogP contribution is 2.28. The number of rotatable bonds is 1. The molecule has 0 aliphatic carbocycles. The Hall–Kier alpha value is -0.290. The van der Waals surface area contributed by atoms with Gasteiger partial charge in [-0.05, 0) is 0 Å². The number of halogens is 6. The van der Waals surface area contributed by atoms with Crippen LogP contribution in [-0.4, -0.2) is 0 Å². The van der Waals surface area contributed by atoms with Crippen molar-refractivity contribution in [2.75, 3.05) is 0 Å². The van der Waals surface area contributed by atoms with Crippen LogP contribution in [0, 0.1) is 23.3 Å². The average molecular weight is 277 g/mol. The van der Waals surface area contributed by atoms with Crippen molar-refractivity contribution in [3.05, 3.63) is 33.9 Å². The lowest BCUT2D eigenvalue weighted by atomic mass is 10.2. The fraction of sp³-hybridized carbons (Fsp3) is 0.143. The Morgan fingerprint density at radius 2 is 1.31 bits per heavy atom. The van der Waals surface area contributed by atoms with Crippen LogP contribution in [0.15, 0.2) is 0 Å². The summed E-state index contributed by atoms with van der Waals surface area (Å²) in [5, 5.41) is -1.49. The third kappa shape index (κ3) is 1.67. The molecule has 0 radical (unpaired) electrons. The Morgan fingerprint density at radius 3 is 1.62 bits per heavy atom. The molecule has 0 saturated carbocycles. The van der Waals surface area contributed by atoms with Crippen LogP contribution in [0.2, 0.25) is 5.02 Å². The zero-order chi connectivity index (χ0) is 10.2. The van der Waals surface area contributed by atoms with E-state index in [1.165, 1.54) is 0 Å². The Labute approximate surface area is 84.6 Å². The van der Waals surface area contributed by atoms with Crippen LogP contribution in [0.5, 0.6) is 0 Å². The second kappa shape index (κ2) is 3.84. The SMILES string of the molecule is Fc1c(F)c(CBr)c(F)c(F)c1Cl. The lowest BCUT2D eigenvalue weighted by Crippen LogP contribution is -2.02. The summed E-state index contributed by atoms with van der Waals surface area (Å²) in [4.78, 5) is 0. The maximum Gasteiger partial charge on any atom is 0.180 e. The number of hydrogen-bond donors (Lipinski definition) is 0. The molecular weight excluding hydrogens is 275 g/mol. The first-order chi connectivity index (χ1) is 6.00. The van der Waals surface area contributed by atoms with Gasteiger partial charge in [0.15, 0.2) is 23.3 Å². The van der Waals surface area contributed by atoms with Gasteiger partial charge in [0, 0.05) is 10.9 Å². The normalized spacial score (nSPS) is 10.6. The lowest BCUT2D eigenvalue weighted by molar-refractivity contribution is 0.445. The van der Waals surface area contributed by atoms with Crippen molar-refractivity contribution < 1.29 is 17.6 Å². The van der Waals surface area contributed by atoms with E-state index in [4.69, 9.17) is 11.6 Å². The van der Waals surface area contributed by atoms with Gasteiger partial charge < -0.3 is 0 Å². The van der Waals surface area contributed by atoms with Crippen molar-refractivity contribution in [2.24, 2.45) is 0 Å². The average Bonchev–Trinajstić information content (AvgIpc) is 2.13. The van der Waals surface area contributed by atoms with Crippen LogP contribution in [0.4, 0.5) is 17.6 Å². The molecule has 0 unspecified atom stereocenters. The van der Waals surface area contributed by atoms with Crippen LogP contribution < -0.4 is 0 Å². The molecule has 0 aromatic heterocycles. The largest absolute Gasteiger partial charge is 0.203 e. The zero-order valence-electron chi connectivity index (χ0n) is 5.97. The molecule has 13 heavy (non-hydrogen) atoms. The van der Waals surface area contributed by atoms with Crippen molar-refractivity contribution >= 4 is 27.5 Å². The van der Waals surface area contributed by atoms with E-state index in [0.717, 1.165) is 0 Å². The van der Waals surface area contributed by atoms with Gasteiger partial charge in [0.05, 0.1) is 0 Å². The highest BCUT2D eigenvalue weighted by atomic mass is 79.9. The maximum atomic E-state index is 12.8. The molecule has 72 valence electrons. The monoisotopic (exact) mass is 276 g/mol. The van der Waals surface area contributed by atoms with Gasteiger partial charge in [0.1, 0.15) is 5.02 Å². The second-order valence-electron chi connectivity index (χ2n) is 2.18. The molecule has 0 nitrogen and oxygen atoms in total. The lowest BCUT2D eigenvalue weighted by Gasteiger charge is -2.05. The van der Waals surface area contributed by atoms with E-state index in [1.807, 2.05) is 0 Å². The van der Waals surface area contributed by atoms with E-state index >= 15 is 0 Å². The maximum absolute atomic E-state index is 12.8. The van der Waals surface area contributed by atoms with E-state index in [1.54, 1.807) is 0 Å². The second-order valence-corrected chi connectivity index (χ2v) is 3.12. The Kier molecular flexibility index (Phi) is 3.18. The molecule has 1 aromatic rings. The Balaban J connectivity index is 3.56. The number of hydrogen-bond acceptors (Lipinski definition) is 0. The number of alkyl halides is 1. The molecule has 0 aliphatic heterocycles. The molecule has 0 aliphatic rings. The van der Waals surface area contributed by atoms with E-state index < -0.39 is 33.9 Å². The van der Waals surface area contributed by atoms with Crippen molar-refractivity contribution in [1.82, 2.24) is 0 Å². The number of benzene rings is 1. The van der Waals surface area contributed by atoms with Gasteiger partial charge in [-0.15, -0.1) is 0 Å². The van der Waals surface area contributed by atoms with Gasteiger partial charge in [-0.2, -0.15) is 0 Å². The first-order valence-electron chi connectivity index (χ1n) is 3.07. The summed E-state index contributed by atoms with van der Waals surface area (Å²) in [5.74, 6) is -6.09. The first kappa shape index (κ1) is 10.8. The molecule has 0 N–H and O–H groups in total. The van der Waals surface area contributed by atoms with Crippen molar-refractivity contribution in [3.8, 4) is 0 Å². The predicted molar refractivity (Wildman–Crippen MR) is 43.9 cm³/mol. The summed E-state index contributed by atoms with van der Waals surface area (Å²) in [5.41, 5.74) is -0.709. The minimum Gasteiger partial charge on any atom is -0.203 e. The third-order valence-electron chi connectivity index (χ3n) is 1.43. The summed E-state index contributed by atoms with van der Waals surface area (Å²) < 4.78 is 51.0. The van der Waals surface area contributed by atoms with Crippen LogP contribution in [0.3, 0.4) is 0 Å². The fourth-order valence-electron chi connectivity index (χ4n) is 0.768. The van der Waals surface area contributed by atoms with Gasteiger partial charge in [0.2, 0.25) is 0 Å². The van der Waals surface area contributed by atoms with Crippen LogP contribution in [0.1, 0.15) is 5.56 Å². The topological polar surface area (TPSA) is 0 Å². The molecule has 0 spiro atoms. The van der Waals surface area contributed by atoms with E-state index in [2.05, 4.69) is 15.9 Å². The minimum absolute atomic E-state index is 0.324. The molecular formula is C7H2BrClF4. The van der Waals surface area contributed by atoms with E-state index in [0.29, 0.717) is 0 Å². The molecule has 6 heteroatoms. The standard InChI is InChI=1S/C7H2BrClF4/c8-1-2-4(10)6(12)3(9)7(13)5(2)11/h1H2. The Morgan fingerprint density at radius 1 is 0.923 bits per heavy atom. The third-order valence-corrected chi connectivity index (χ3v) is 2.33. The van der Waals surface area contributed by atoms with Gasteiger partial charge in [0.25, 0.3) is 0 Å². The summed E-state index contributed by atoms with van der Waals surface area (Å²) >= 11 is 7.67. The smallest absolute Gasteiger partial charge is 0.180 e. The zero-order valence-corrected chi connectivity index (χ0v) is 8.32. The van der Waals surface area contributed by atoms with Gasteiger partial charge >= 0.3 is 0 Å². The van der Waals surface area contributed by atoms with Crippen LogP contribution in [-0.2, 0) is 5.33 Å². The summed E-state index contributed by atoms with van der Waals surface area (Å²) in [6.07, 6.45) is 0. The van der Waals surface area contributed by atoms with Crippen molar-refractivity contribution in [3.63, 3.8) is 0 Å². The summed E-state index contributed by atoms with van der Waals surface area (Å²) in [6, 6.07) is 0. The van der Waals surface area contributed by atoms with Crippen molar-refractivity contribution in [1.29, 1.82) is 0 Å². The quantitative estimate of drug-likeness (QED) is 0.317. The molecule has 0 saturated heterocycles. The van der Waals surface area contributed by atoms with Gasteiger partial charge in [-0.3, -0.25) is 0 Å². The van der Waals surface area contributed by atoms with Gasteiger partial charge in [-0.1, -0.05) is 27.5 Å². The van der Waals surface area contributed by atoms with Crippen LogP contribution >= 0.6 is 27.5 Å². The molecule has 1 aromatic carbocycles. The molecule has 0 amide bonds. The fourth-order valence-corrected chi connectivity index (χ4v) is 1.43. The van der Waals surface area contributed by atoms with Crippen LogP contribution in [0.25, 0.3) is 0 Å². The van der Waals surface area contributed by atoms with Crippen molar-refractivity contribution in [2.45, 2.75) is 5.33 Å². The molecule has 1 rings (SSSR count). The summed E-state index contributed by atoms with van der Waals surface area (Å²) in [7, 11) is 0. The van der Waals surface area contributed by atoms with E-state index in [9.17, 15) is 17.6 Å². The summed E-state index contributed by atoms with van der Waals surface area (Å²) in [6.45, 7) is 0. The highest BCUT2D eigenvalue weighted by Gasteiger charge is 2.23. The first-order valence-corrected chi connectivity index (χ1v) is 4.57.